The van der Waals surface area contributed by atoms with Crippen LogP contribution >= 0.6 is 0 Å². The molecule has 1 saturated carbocycles. The summed E-state index contributed by atoms with van der Waals surface area (Å²) in [5.74, 6) is -0.526. The Kier molecular flexibility index (Phi) is 4.78. The van der Waals surface area contributed by atoms with E-state index in [-0.39, 0.29) is 10.9 Å². The van der Waals surface area contributed by atoms with E-state index < -0.39 is 15.8 Å². The van der Waals surface area contributed by atoms with Gasteiger partial charge in [-0.25, -0.2) is 12.8 Å². The molecular formula is C14H21FN2O2S. The fourth-order valence-electron chi connectivity index (χ4n) is 2.40. The van der Waals surface area contributed by atoms with E-state index in [1.807, 2.05) is 0 Å². The van der Waals surface area contributed by atoms with Gasteiger partial charge >= 0.3 is 0 Å². The molecule has 0 atom stereocenters. The summed E-state index contributed by atoms with van der Waals surface area (Å²) in [5.41, 5.74) is 6.06. The lowest BCUT2D eigenvalue weighted by molar-refractivity contribution is 0.218. The lowest BCUT2D eigenvalue weighted by atomic mass is 9.93. The zero-order valence-electron chi connectivity index (χ0n) is 11.7. The molecule has 6 heteroatoms. The van der Waals surface area contributed by atoms with Crippen molar-refractivity contribution in [1.82, 2.24) is 4.31 Å². The summed E-state index contributed by atoms with van der Waals surface area (Å²) in [6, 6.07) is 3.93. The number of hydrogen-bond acceptors (Lipinski definition) is 3. The molecule has 0 heterocycles. The molecule has 1 aliphatic carbocycles. The van der Waals surface area contributed by atoms with Gasteiger partial charge in [-0.1, -0.05) is 12.5 Å². The number of halogens is 1. The van der Waals surface area contributed by atoms with Crippen LogP contribution in [0.4, 0.5) is 4.39 Å². The standard InChI is InChI=1S/C14H21FN2O2S/c1-11-6-7-12(15)10-14(11)20(18,19)17(9-3-8-16)13-4-2-5-13/h6-7,10,13H,2-5,8-9,16H2,1H3. The lowest BCUT2D eigenvalue weighted by Crippen LogP contribution is -2.45. The first-order valence-corrected chi connectivity index (χ1v) is 8.39. The highest BCUT2D eigenvalue weighted by molar-refractivity contribution is 7.89. The number of aryl methyl sites for hydroxylation is 1. The second-order valence-corrected chi connectivity index (χ2v) is 7.11. The van der Waals surface area contributed by atoms with Crippen LogP contribution in [0.3, 0.4) is 0 Å². The molecule has 112 valence electrons. The van der Waals surface area contributed by atoms with Crippen molar-refractivity contribution >= 4 is 10.0 Å². The van der Waals surface area contributed by atoms with E-state index in [0.717, 1.165) is 25.3 Å². The highest BCUT2D eigenvalue weighted by Crippen LogP contribution is 2.31. The average molecular weight is 300 g/mol. The normalized spacial score (nSPS) is 16.4. The van der Waals surface area contributed by atoms with Crippen LogP contribution < -0.4 is 5.73 Å². The number of benzene rings is 1. The summed E-state index contributed by atoms with van der Waals surface area (Å²) >= 11 is 0. The van der Waals surface area contributed by atoms with Crippen LogP contribution in [-0.4, -0.2) is 31.9 Å². The lowest BCUT2D eigenvalue weighted by Gasteiger charge is -2.36. The minimum absolute atomic E-state index is 0.0363. The predicted octanol–water partition coefficient (Wildman–Crippen LogP) is 2.03. The van der Waals surface area contributed by atoms with Crippen molar-refractivity contribution in [3.8, 4) is 0 Å². The summed E-state index contributed by atoms with van der Waals surface area (Å²) in [4.78, 5) is 0.0708. The van der Waals surface area contributed by atoms with Crippen molar-refractivity contribution in [3.05, 3.63) is 29.6 Å². The Morgan fingerprint density at radius 3 is 2.65 bits per heavy atom. The van der Waals surface area contributed by atoms with Gasteiger partial charge in [-0.3, -0.25) is 0 Å². The third kappa shape index (κ3) is 3.02. The maximum Gasteiger partial charge on any atom is 0.243 e. The van der Waals surface area contributed by atoms with Crippen molar-refractivity contribution in [2.24, 2.45) is 5.73 Å². The van der Waals surface area contributed by atoms with Gasteiger partial charge in [0.15, 0.2) is 0 Å². The van der Waals surface area contributed by atoms with Crippen molar-refractivity contribution in [1.29, 1.82) is 0 Å². The van der Waals surface area contributed by atoms with Crippen LogP contribution in [0.2, 0.25) is 0 Å². The largest absolute Gasteiger partial charge is 0.330 e. The number of nitrogens with two attached hydrogens (primary N) is 1. The summed E-state index contributed by atoms with van der Waals surface area (Å²) < 4.78 is 40.4. The van der Waals surface area contributed by atoms with Gasteiger partial charge < -0.3 is 5.73 Å². The van der Waals surface area contributed by atoms with Crippen LogP contribution in [0.25, 0.3) is 0 Å². The first kappa shape index (κ1) is 15.4. The topological polar surface area (TPSA) is 63.4 Å². The van der Waals surface area contributed by atoms with Gasteiger partial charge in [0.2, 0.25) is 10.0 Å². The van der Waals surface area contributed by atoms with Gasteiger partial charge in [-0.15, -0.1) is 0 Å². The van der Waals surface area contributed by atoms with Crippen molar-refractivity contribution in [2.75, 3.05) is 13.1 Å². The van der Waals surface area contributed by atoms with Gasteiger partial charge in [-0.2, -0.15) is 4.31 Å². The smallest absolute Gasteiger partial charge is 0.243 e. The summed E-state index contributed by atoms with van der Waals surface area (Å²) in [7, 11) is -3.65. The molecule has 4 nitrogen and oxygen atoms in total. The van der Waals surface area contributed by atoms with E-state index in [1.165, 1.54) is 16.4 Å². The Morgan fingerprint density at radius 1 is 1.40 bits per heavy atom. The van der Waals surface area contributed by atoms with Crippen LogP contribution in [0.1, 0.15) is 31.2 Å². The minimum atomic E-state index is -3.65. The monoisotopic (exact) mass is 300 g/mol. The highest BCUT2D eigenvalue weighted by atomic mass is 32.2. The molecule has 0 aromatic heterocycles. The Bertz CT molecular complexity index is 571. The van der Waals surface area contributed by atoms with Crippen molar-refractivity contribution in [3.63, 3.8) is 0 Å². The molecule has 2 N–H and O–H groups in total. The quantitative estimate of drug-likeness (QED) is 0.874. The van der Waals surface area contributed by atoms with E-state index in [9.17, 15) is 12.8 Å². The molecule has 20 heavy (non-hydrogen) atoms. The van der Waals surface area contributed by atoms with Gasteiger partial charge in [0.25, 0.3) is 0 Å². The molecule has 0 spiro atoms. The minimum Gasteiger partial charge on any atom is -0.330 e. The Labute approximate surface area is 119 Å². The zero-order valence-corrected chi connectivity index (χ0v) is 12.5. The van der Waals surface area contributed by atoms with Gasteiger partial charge in [0, 0.05) is 12.6 Å². The van der Waals surface area contributed by atoms with Crippen LogP contribution in [-0.2, 0) is 10.0 Å². The molecule has 1 aromatic carbocycles. The molecule has 1 fully saturated rings. The Hall–Kier alpha value is -0.980. The average Bonchev–Trinajstić information content (AvgIpc) is 2.34. The second kappa shape index (κ2) is 6.20. The first-order valence-electron chi connectivity index (χ1n) is 6.95. The van der Waals surface area contributed by atoms with Gasteiger partial charge in [0.05, 0.1) is 4.90 Å². The molecule has 1 aliphatic rings. The van der Waals surface area contributed by atoms with Crippen LogP contribution in [0.15, 0.2) is 23.1 Å². The fraction of sp³-hybridized carbons (Fsp3) is 0.571. The number of nitrogens with zero attached hydrogens (tertiary/aromatic N) is 1. The zero-order chi connectivity index (χ0) is 14.8. The van der Waals surface area contributed by atoms with Crippen LogP contribution in [0.5, 0.6) is 0 Å². The van der Waals surface area contributed by atoms with E-state index in [0.29, 0.717) is 25.1 Å². The molecule has 1 aromatic rings. The van der Waals surface area contributed by atoms with E-state index >= 15 is 0 Å². The maximum atomic E-state index is 13.4. The third-order valence-corrected chi connectivity index (χ3v) is 5.90. The SMILES string of the molecule is Cc1ccc(F)cc1S(=O)(=O)N(CCCN)C1CCC1. The molecule has 0 unspecified atom stereocenters. The fourth-order valence-corrected chi connectivity index (χ4v) is 4.36. The van der Waals surface area contributed by atoms with E-state index in [4.69, 9.17) is 5.73 Å². The predicted molar refractivity (Wildman–Crippen MR) is 76.3 cm³/mol. The van der Waals surface area contributed by atoms with E-state index in [2.05, 4.69) is 0 Å². The second-order valence-electron chi connectivity index (χ2n) is 5.25. The first-order chi connectivity index (χ1) is 9.46. The molecule has 0 amide bonds. The molecule has 2 rings (SSSR count). The third-order valence-electron chi connectivity index (χ3n) is 3.80. The van der Waals surface area contributed by atoms with Crippen LogP contribution in [0, 0.1) is 12.7 Å². The maximum absolute atomic E-state index is 13.4. The van der Waals surface area contributed by atoms with E-state index in [1.54, 1.807) is 6.92 Å². The Morgan fingerprint density at radius 2 is 2.10 bits per heavy atom. The number of rotatable bonds is 6. The highest BCUT2D eigenvalue weighted by Gasteiger charge is 2.35. The molecule has 0 bridgehead atoms. The molecule has 0 aliphatic heterocycles. The van der Waals surface area contributed by atoms with Crippen molar-refractivity contribution in [2.45, 2.75) is 43.5 Å². The number of sulfonamides is 1. The molecule has 0 radical (unpaired) electrons. The number of hydrogen-bond donors (Lipinski definition) is 1. The summed E-state index contributed by atoms with van der Waals surface area (Å²) in [6.07, 6.45) is 3.40. The molecular weight excluding hydrogens is 279 g/mol. The Balaban J connectivity index is 2.36. The summed E-state index contributed by atoms with van der Waals surface area (Å²) in [6.45, 7) is 2.54. The summed E-state index contributed by atoms with van der Waals surface area (Å²) in [5, 5.41) is 0. The van der Waals surface area contributed by atoms with Crippen molar-refractivity contribution < 1.29 is 12.8 Å². The van der Waals surface area contributed by atoms with Gasteiger partial charge in [0.1, 0.15) is 5.82 Å². The molecule has 0 saturated heterocycles. The van der Waals surface area contributed by atoms with Gasteiger partial charge in [-0.05, 0) is 50.4 Å².